The lowest BCUT2D eigenvalue weighted by molar-refractivity contribution is 0.174. The Hall–Kier alpha value is -2.83. The Labute approximate surface area is 111 Å². The monoisotopic (exact) mass is 273 g/mol. The van der Waals surface area contributed by atoms with Crippen molar-refractivity contribution in [2.75, 3.05) is 6.79 Å². The van der Waals surface area contributed by atoms with Crippen LogP contribution in [0.25, 0.3) is 16.9 Å². The third-order valence-electron chi connectivity index (χ3n) is 3.11. The van der Waals surface area contributed by atoms with E-state index >= 15 is 0 Å². The third kappa shape index (κ3) is 1.49. The van der Waals surface area contributed by atoms with Gasteiger partial charge in [0.2, 0.25) is 12.7 Å². The Bertz CT molecular complexity index is 884. The zero-order chi connectivity index (χ0) is 13.7. The predicted octanol–water partition coefficient (Wildman–Crippen LogP) is 1.58. The maximum atomic E-state index is 13.3. The summed E-state index contributed by atoms with van der Waals surface area (Å²) >= 11 is 0. The van der Waals surface area contributed by atoms with E-state index in [0.29, 0.717) is 22.7 Å². The molecule has 0 atom stereocenters. The molecule has 1 aliphatic rings. The van der Waals surface area contributed by atoms with E-state index in [9.17, 15) is 9.18 Å². The molecule has 0 bridgehead atoms. The van der Waals surface area contributed by atoms with Crippen LogP contribution in [0.5, 0.6) is 11.5 Å². The van der Waals surface area contributed by atoms with E-state index in [1.54, 1.807) is 18.2 Å². The molecule has 2 aromatic heterocycles. The molecule has 100 valence electrons. The molecule has 1 N–H and O–H groups in total. The summed E-state index contributed by atoms with van der Waals surface area (Å²) in [6.07, 6.45) is 0. The summed E-state index contributed by atoms with van der Waals surface area (Å²) in [6.45, 7) is 0.147. The molecule has 7 heteroatoms. The predicted molar refractivity (Wildman–Crippen MR) is 67.8 cm³/mol. The van der Waals surface area contributed by atoms with E-state index in [1.165, 1.54) is 16.7 Å². The van der Waals surface area contributed by atoms with Gasteiger partial charge in [-0.25, -0.2) is 9.36 Å². The van der Waals surface area contributed by atoms with Crippen molar-refractivity contribution in [1.29, 1.82) is 0 Å². The minimum atomic E-state index is -0.647. The van der Waals surface area contributed by atoms with Crippen molar-refractivity contribution in [3.05, 3.63) is 46.8 Å². The average molecular weight is 273 g/mol. The highest BCUT2D eigenvalue weighted by atomic mass is 19.1. The van der Waals surface area contributed by atoms with E-state index in [-0.39, 0.29) is 12.4 Å². The van der Waals surface area contributed by atoms with Gasteiger partial charge >= 0.3 is 5.69 Å². The summed E-state index contributed by atoms with van der Waals surface area (Å²) in [5.74, 6) is 0.506. The molecule has 0 spiro atoms. The number of benzene rings is 1. The fourth-order valence-electron chi connectivity index (χ4n) is 2.22. The van der Waals surface area contributed by atoms with Crippen molar-refractivity contribution in [2.24, 2.45) is 0 Å². The maximum Gasteiger partial charge on any atom is 0.332 e. The number of fused-ring (bicyclic) bond motifs is 2. The Morgan fingerprint density at radius 2 is 2.05 bits per heavy atom. The van der Waals surface area contributed by atoms with Gasteiger partial charge < -0.3 is 14.5 Å². The fourth-order valence-corrected chi connectivity index (χ4v) is 2.22. The molecule has 20 heavy (non-hydrogen) atoms. The number of pyridine rings is 1. The summed E-state index contributed by atoms with van der Waals surface area (Å²) in [4.78, 5) is 18.4. The Kier molecular flexibility index (Phi) is 2.11. The Morgan fingerprint density at radius 1 is 1.20 bits per heavy atom. The van der Waals surface area contributed by atoms with Crippen LogP contribution in [0.4, 0.5) is 4.39 Å². The first-order valence-corrected chi connectivity index (χ1v) is 5.90. The molecule has 0 saturated heterocycles. The highest BCUT2D eigenvalue weighted by Crippen LogP contribution is 2.33. The number of nitrogens with zero attached hydrogens (tertiary/aromatic N) is 2. The molecule has 0 radical (unpaired) electrons. The molecule has 0 aliphatic carbocycles. The molecule has 6 nitrogen and oxygen atoms in total. The second-order valence-electron chi connectivity index (χ2n) is 4.31. The summed E-state index contributed by atoms with van der Waals surface area (Å²) in [5.41, 5.74) is 0.837. The molecule has 3 aromatic rings. The first kappa shape index (κ1) is 11.0. The topological polar surface area (TPSA) is 69.1 Å². The summed E-state index contributed by atoms with van der Waals surface area (Å²) in [7, 11) is 0. The van der Waals surface area contributed by atoms with E-state index in [2.05, 4.69) is 9.97 Å². The van der Waals surface area contributed by atoms with Crippen molar-refractivity contribution in [3.8, 4) is 17.2 Å². The lowest BCUT2D eigenvalue weighted by atomic mass is 10.2. The molecule has 0 amide bonds. The molecular formula is C13H8FN3O3. The third-order valence-corrected chi connectivity index (χ3v) is 3.11. The minimum absolute atomic E-state index is 0.147. The number of imidazole rings is 1. The van der Waals surface area contributed by atoms with Crippen LogP contribution in [-0.2, 0) is 0 Å². The van der Waals surface area contributed by atoms with Gasteiger partial charge in [-0.15, -0.1) is 0 Å². The number of nitrogens with one attached hydrogen (secondary N) is 1. The highest BCUT2D eigenvalue weighted by Gasteiger charge is 2.17. The zero-order valence-corrected chi connectivity index (χ0v) is 10.1. The number of H-pyrrole nitrogens is 1. The maximum absolute atomic E-state index is 13.3. The van der Waals surface area contributed by atoms with E-state index in [4.69, 9.17) is 9.47 Å². The van der Waals surface area contributed by atoms with Gasteiger partial charge in [-0.2, -0.15) is 9.37 Å². The number of aromatic nitrogens is 3. The highest BCUT2D eigenvalue weighted by molar-refractivity contribution is 5.73. The van der Waals surface area contributed by atoms with Gasteiger partial charge in [0, 0.05) is 6.07 Å². The van der Waals surface area contributed by atoms with Crippen molar-refractivity contribution >= 4 is 11.2 Å². The van der Waals surface area contributed by atoms with Gasteiger partial charge in [-0.1, -0.05) is 0 Å². The summed E-state index contributed by atoms with van der Waals surface area (Å²) in [6, 6.07) is 7.71. The molecule has 0 saturated carbocycles. The van der Waals surface area contributed by atoms with Gasteiger partial charge in [0.1, 0.15) is 0 Å². The quantitative estimate of drug-likeness (QED) is 0.683. The van der Waals surface area contributed by atoms with Crippen LogP contribution in [0, 0.1) is 5.95 Å². The molecule has 0 unspecified atom stereocenters. The van der Waals surface area contributed by atoms with Crippen LogP contribution in [0.2, 0.25) is 0 Å². The number of rotatable bonds is 1. The van der Waals surface area contributed by atoms with E-state index < -0.39 is 11.6 Å². The van der Waals surface area contributed by atoms with Gasteiger partial charge in [0.05, 0.1) is 11.2 Å². The van der Waals surface area contributed by atoms with Crippen LogP contribution in [0.15, 0.2) is 35.1 Å². The van der Waals surface area contributed by atoms with Gasteiger partial charge in [0.15, 0.2) is 17.1 Å². The average Bonchev–Trinajstić information content (AvgIpc) is 3.00. The zero-order valence-electron chi connectivity index (χ0n) is 10.1. The molecule has 1 aromatic carbocycles. The lowest BCUT2D eigenvalue weighted by Crippen LogP contribution is -2.15. The van der Waals surface area contributed by atoms with Crippen molar-refractivity contribution in [1.82, 2.24) is 14.5 Å². The van der Waals surface area contributed by atoms with Crippen LogP contribution in [0.1, 0.15) is 0 Å². The lowest BCUT2D eigenvalue weighted by Gasteiger charge is -2.04. The molecular weight excluding hydrogens is 265 g/mol. The largest absolute Gasteiger partial charge is 0.454 e. The van der Waals surface area contributed by atoms with E-state index in [0.717, 1.165) is 0 Å². The van der Waals surface area contributed by atoms with Crippen LogP contribution >= 0.6 is 0 Å². The first-order chi connectivity index (χ1) is 9.72. The van der Waals surface area contributed by atoms with Crippen LogP contribution in [-0.4, -0.2) is 21.3 Å². The van der Waals surface area contributed by atoms with Gasteiger partial charge in [0.25, 0.3) is 0 Å². The number of hydrogen-bond donors (Lipinski definition) is 1. The fraction of sp³-hybridized carbons (Fsp3) is 0.0769. The van der Waals surface area contributed by atoms with Crippen LogP contribution < -0.4 is 15.2 Å². The summed E-state index contributed by atoms with van der Waals surface area (Å²) in [5, 5.41) is 0. The van der Waals surface area contributed by atoms with E-state index in [1.807, 2.05) is 0 Å². The number of halogens is 1. The SMILES string of the molecule is O=c1[nH]c2ccc(F)nc2n1-c1ccc2c(c1)OCO2. The minimum Gasteiger partial charge on any atom is -0.454 e. The standard InChI is InChI=1S/C13H8FN3O3/c14-11-4-2-8-12(16-11)17(13(18)15-8)7-1-3-9-10(5-7)20-6-19-9/h1-5H,6H2,(H,15,18). The second kappa shape index (κ2) is 3.83. The number of hydrogen-bond acceptors (Lipinski definition) is 4. The molecule has 0 fully saturated rings. The van der Waals surface area contributed by atoms with Crippen molar-refractivity contribution in [3.63, 3.8) is 0 Å². The summed E-state index contributed by atoms with van der Waals surface area (Å²) < 4.78 is 25.1. The molecule has 1 aliphatic heterocycles. The molecule has 4 rings (SSSR count). The normalized spacial score (nSPS) is 13.1. The Balaban J connectivity index is 2.00. The second-order valence-corrected chi connectivity index (χ2v) is 4.31. The number of ether oxygens (including phenoxy) is 2. The van der Waals surface area contributed by atoms with Crippen molar-refractivity contribution in [2.45, 2.75) is 0 Å². The van der Waals surface area contributed by atoms with Gasteiger partial charge in [-0.05, 0) is 24.3 Å². The molecule has 3 heterocycles. The van der Waals surface area contributed by atoms with Crippen molar-refractivity contribution < 1.29 is 13.9 Å². The first-order valence-electron chi connectivity index (χ1n) is 5.90. The van der Waals surface area contributed by atoms with Gasteiger partial charge in [-0.3, -0.25) is 0 Å². The Morgan fingerprint density at radius 3 is 2.95 bits per heavy atom. The van der Waals surface area contributed by atoms with Crippen LogP contribution in [0.3, 0.4) is 0 Å². The number of aromatic amines is 1. The smallest absolute Gasteiger partial charge is 0.332 e.